The van der Waals surface area contributed by atoms with Gasteiger partial charge in [0.2, 0.25) is 0 Å². The molecule has 0 unspecified atom stereocenters. The van der Waals surface area contributed by atoms with Gasteiger partial charge in [-0.3, -0.25) is 0 Å². The molecule has 15 heavy (non-hydrogen) atoms. The number of hydrogen-bond donors (Lipinski definition) is 0. The molecule has 0 aliphatic heterocycles. The molecule has 0 bridgehead atoms. The van der Waals surface area contributed by atoms with E-state index in [4.69, 9.17) is 0 Å². The fourth-order valence-corrected chi connectivity index (χ4v) is 1.12. The predicted molar refractivity (Wildman–Crippen MR) is 59.2 cm³/mol. The highest BCUT2D eigenvalue weighted by atomic mass is 14.8. The molecule has 72 valence electrons. The molecule has 1 aromatic heterocycles. The highest BCUT2D eigenvalue weighted by molar-refractivity contribution is 5.40. The second-order valence-corrected chi connectivity index (χ2v) is 3.13. The third-order valence-corrected chi connectivity index (χ3v) is 1.91. The summed E-state index contributed by atoms with van der Waals surface area (Å²) in [7, 11) is 0. The van der Waals surface area contributed by atoms with Crippen molar-refractivity contribution in [1.29, 1.82) is 0 Å². The van der Waals surface area contributed by atoms with Gasteiger partial charge in [0.1, 0.15) is 5.82 Å². The Bertz CT molecular complexity index is 490. The lowest BCUT2D eigenvalue weighted by atomic mass is 10.2. The lowest BCUT2D eigenvalue weighted by Crippen LogP contribution is -1.86. The van der Waals surface area contributed by atoms with Crippen LogP contribution in [0.4, 0.5) is 0 Å². The molecular formula is C13H10N2. The summed E-state index contributed by atoms with van der Waals surface area (Å²) in [6.45, 7) is 1.86. The van der Waals surface area contributed by atoms with Crippen LogP contribution in [0, 0.1) is 18.8 Å². The Hall–Kier alpha value is -2.14. The normalized spacial score (nSPS) is 9.13. The van der Waals surface area contributed by atoms with E-state index < -0.39 is 0 Å². The zero-order valence-electron chi connectivity index (χ0n) is 8.44. The van der Waals surface area contributed by atoms with Gasteiger partial charge >= 0.3 is 0 Å². The standard InChI is InChI=1S/C13H10N2/c1-11-14-9-13(10-15-11)8-7-12-5-3-2-4-6-12/h2-6,9-10H,1H3. The minimum absolute atomic E-state index is 0.764. The summed E-state index contributed by atoms with van der Waals surface area (Å²) in [5, 5.41) is 0. The van der Waals surface area contributed by atoms with E-state index in [1.807, 2.05) is 37.3 Å². The fourth-order valence-electron chi connectivity index (χ4n) is 1.12. The molecule has 0 amide bonds. The van der Waals surface area contributed by atoms with Crippen LogP contribution in [0.25, 0.3) is 0 Å². The highest BCUT2D eigenvalue weighted by Gasteiger charge is 1.88. The molecule has 2 heteroatoms. The van der Waals surface area contributed by atoms with Crippen molar-refractivity contribution in [3.8, 4) is 11.8 Å². The number of benzene rings is 1. The van der Waals surface area contributed by atoms with E-state index in [-0.39, 0.29) is 0 Å². The summed E-state index contributed by atoms with van der Waals surface area (Å²) in [6, 6.07) is 9.86. The number of rotatable bonds is 0. The molecule has 0 radical (unpaired) electrons. The first-order valence-electron chi connectivity index (χ1n) is 4.70. The zero-order valence-corrected chi connectivity index (χ0v) is 8.44. The maximum Gasteiger partial charge on any atom is 0.125 e. The van der Waals surface area contributed by atoms with Gasteiger partial charge in [-0.2, -0.15) is 0 Å². The van der Waals surface area contributed by atoms with Gasteiger partial charge in [-0.05, 0) is 19.1 Å². The average Bonchev–Trinajstić information content (AvgIpc) is 2.30. The van der Waals surface area contributed by atoms with Gasteiger partial charge in [0, 0.05) is 18.0 Å². The maximum atomic E-state index is 4.08. The van der Waals surface area contributed by atoms with Crippen molar-refractivity contribution in [2.24, 2.45) is 0 Å². The summed E-state index contributed by atoms with van der Waals surface area (Å²) in [6.07, 6.45) is 3.47. The first-order valence-corrected chi connectivity index (χ1v) is 4.70. The van der Waals surface area contributed by atoms with Gasteiger partial charge < -0.3 is 0 Å². The van der Waals surface area contributed by atoms with E-state index >= 15 is 0 Å². The summed E-state index contributed by atoms with van der Waals surface area (Å²) in [4.78, 5) is 8.16. The van der Waals surface area contributed by atoms with Crippen molar-refractivity contribution in [2.45, 2.75) is 6.92 Å². The molecule has 1 aromatic carbocycles. The lowest BCUT2D eigenvalue weighted by molar-refractivity contribution is 1.05. The third kappa shape index (κ3) is 2.65. The van der Waals surface area contributed by atoms with Crippen LogP contribution in [0.2, 0.25) is 0 Å². The first kappa shape index (κ1) is 9.42. The van der Waals surface area contributed by atoms with Crippen LogP contribution in [-0.2, 0) is 0 Å². The molecule has 1 heterocycles. The van der Waals surface area contributed by atoms with E-state index in [9.17, 15) is 0 Å². The topological polar surface area (TPSA) is 25.8 Å². The Morgan fingerprint density at radius 2 is 1.47 bits per heavy atom. The van der Waals surface area contributed by atoms with E-state index in [2.05, 4.69) is 21.8 Å². The Morgan fingerprint density at radius 3 is 2.13 bits per heavy atom. The van der Waals surface area contributed by atoms with Crippen molar-refractivity contribution < 1.29 is 0 Å². The summed E-state index contributed by atoms with van der Waals surface area (Å²) in [5.41, 5.74) is 1.84. The second-order valence-electron chi connectivity index (χ2n) is 3.13. The molecule has 0 saturated carbocycles. The quantitative estimate of drug-likeness (QED) is 0.601. The smallest absolute Gasteiger partial charge is 0.125 e. The van der Waals surface area contributed by atoms with Crippen molar-refractivity contribution in [3.63, 3.8) is 0 Å². The van der Waals surface area contributed by atoms with Gasteiger partial charge in [-0.15, -0.1) is 0 Å². The van der Waals surface area contributed by atoms with Crippen LogP contribution in [0.1, 0.15) is 17.0 Å². The summed E-state index contributed by atoms with van der Waals surface area (Å²) >= 11 is 0. The molecule has 0 aliphatic carbocycles. The van der Waals surface area contributed by atoms with E-state index in [0.29, 0.717) is 0 Å². The summed E-state index contributed by atoms with van der Waals surface area (Å²) in [5.74, 6) is 6.83. The Kier molecular flexibility index (Phi) is 2.75. The molecule has 0 fully saturated rings. The first-order chi connectivity index (χ1) is 7.34. The van der Waals surface area contributed by atoms with Crippen molar-refractivity contribution >= 4 is 0 Å². The maximum absolute atomic E-state index is 4.08. The van der Waals surface area contributed by atoms with Crippen molar-refractivity contribution in [3.05, 3.63) is 59.7 Å². The fraction of sp³-hybridized carbons (Fsp3) is 0.0769. The molecule has 0 atom stereocenters. The molecule has 0 aliphatic rings. The van der Waals surface area contributed by atoms with E-state index in [0.717, 1.165) is 17.0 Å². The minimum Gasteiger partial charge on any atom is -0.240 e. The van der Waals surface area contributed by atoms with Crippen LogP contribution in [0.15, 0.2) is 42.7 Å². The molecule has 2 aromatic rings. The van der Waals surface area contributed by atoms with Gasteiger partial charge in [0.05, 0.1) is 5.56 Å². The highest BCUT2D eigenvalue weighted by Crippen LogP contribution is 1.97. The SMILES string of the molecule is Cc1ncc(C#Cc2ccccc2)cn1. The number of aryl methyl sites for hydroxylation is 1. The van der Waals surface area contributed by atoms with Crippen LogP contribution < -0.4 is 0 Å². The molecule has 0 N–H and O–H groups in total. The number of aromatic nitrogens is 2. The Balaban J connectivity index is 2.22. The molecule has 0 saturated heterocycles. The van der Waals surface area contributed by atoms with Gasteiger partial charge in [0.15, 0.2) is 0 Å². The monoisotopic (exact) mass is 194 g/mol. The van der Waals surface area contributed by atoms with Crippen molar-refractivity contribution in [1.82, 2.24) is 9.97 Å². The van der Waals surface area contributed by atoms with E-state index in [1.54, 1.807) is 12.4 Å². The van der Waals surface area contributed by atoms with Gasteiger partial charge in [-0.25, -0.2) is 9.97 Å². The predicted octanol–water partition coefficient (Wildman–Crippen LogP) is 2.18. The minimum atomic E-state index is 0.764. The van der Waals surface area contributed by atoms with Gasteiger partial charge in [-0.1, -0.05) is 30.0 Å². The average molecular weight is 194 g/mol. The van der Waals surface area contributed by atoms with Gasteiger partial charge in [0.25, 0.3) is 0 Å². The second kappa shape index (κ2) is 4.39. The van der Waals surface area contributed by atoms with Crippen molar-refractivity contribution in [2.75, 3.05) is 0 Å². The largest absolute Gasteiger partial charge is 0.240 e. The lowest BCUT2D eigenvalue weighted by Gasteiger charge is -1.90. The van der Waals surface area contributed by atoms with E-state index in [1.165, 1.54) is 0 Å². The number of hydrogen-bond acceptors (Lipinski definition) is 2. The van der Waals surface area contributed by atoms with Crippen LogP contribution >= 0.6 is 0 Å². The number of nitrogens with zero attached hydrogens (tertiary/aromatic N) is 2. The zero-order chi connectivity index (χ0) is 10.5. The Labute approximate surface area is 89.0 Å². The van der Waals surface area contributed by atoms with Crippen LogP contribution in [0.3, 0.4) is 0 Å². The van der Waals surface area contributed by atoms with Crippen LogP contribution in [-0.4, -0.2) is 9.97 Å². The molecule has 0 spiro atoms. The molecular weight excluding hydrogens is 184 g/mol. The molecule has 2 rings (SSSR count). The van der Waals surface area contributed by atoms with Crippen LogP contribution in [0.5, 0.6) is 0 Å². The third-order valence-electron chi connectivity index (χ3n) is 1.91. The molecule has 2 nitrogen and oxygen atoms in total. The Morgan fingerprint density at radius 1 is 0.867 bits per heavy atom. The summed E-state index contributed by atoms with van der Waals surface area (Å²) < 4.78 is 0.